The van der Waals surface area contributed by atoms with Gasteiger partial charge in [0.05, 0.1) is 21.3 Å². The predicted octanol–water partition coefficient (Wildman–Crippen LogP) is 3.26. The Morgan fingerprint density at radius 2 is 1.48 bits per heavy atom. The van der Waals surface area contributed by atoms with E-state index >= 15 is 0 Å². The van der Waals surface area contributed by atoms with Gasteiger partial charge in [0.2, 0.25) is 5.75 Å². The highest BCUT2D eigenvalue weighted by Crippen LogP contribution is 2.38. The average molecular weight is 448 g/mol. The Hall–Kier alpha value is -2.20. The maximum Gasteiger partial charge on any atom is 0.490 e. The third-order valence-electron chi connectivity index (χ3n) is 5.58. The molecule has 1 saturated heterocycles. The summed E-state index contributed by atoms with van der Waals surface area (Å²) in [6, 6.07) is 4.12. The molecule has 1 saturated carbocycles. The van der Waals surface area contributed by atoms with Gasteiger partial charge >= 0.3 is 12.1 Å². The molecule has 1 aromatic rings. The van der Waals surface area contributed by atoms with E-state index in [1.807, 2.05) is 0 Å². The first-order valence-electron chi connectivity index (χ1n) is 10.2. The Balaban J connectivity index is 0.000000423. The molecule has 0 unspecified atom stereocenters. The van der Waals surface area contributed by atoms with Crippen LogP contribution in [0.2, 0.25) is 0 Å². The van der Waals surface area contributed by atoms with E-state index in [1.54, 1.807) is 21.3 Å². The average Bonchev–Trinajstić information content (AvgIpc) is 2.70. The number of carboxylic acids is 1. The molecule has 1 N–H and O–H groups in total. The number of ether oxygens (including phenoxy) is 3. The first kappa shape index (κ1) is 25.1. The van der Waals surface area contributed by atoms with E-state index in [4.69, 9.17) is 24.1 Å². The summed E-state index contributed by atoms with van der Waals surface area (Å²) in [5.41, 5.74) is 1.21. The van der Waals surface area contributed by atoms with Gasteiger partial charge in [-0.15, -0.1) is 0 Å². The Morgan fingerprint density at radius 1 is 1.00 bits per heavy atom. The number of methoxy groups -OCH3 is 3. The summed E-state index contributed by atoms with van der Waals surface area (Å²) in [7, 11) is 4.97. The highest BCUT2D eigenvalue weighted by atomic mass is 19.4. The molecule has 1 aliphatic carbocycles. The van der Waals surface area contributed by atoms with E-state index in [1.165, 1.54) is 44.5 Å². The lowest BCUT2D eigenvalue weighted by Crippen LogP contribution is -2.47. The molecule has 1 aromatic carbocycles. The molecular formula is C21H31F3N2O5. The first-order chi connectivity index (χ1) is 14.7. The standard InChI is InChI=1S/C19H30N2O3.C2HF3O2/c1-22-17-11-16(12-18(23-2)19(17)24-3)14-21-9-7-20(8-10-21)13-15-5-4-6-15;3-2(4,5)1(6)7/h11-12,15H,4-10,13-14H2,1-3H3;(H,6,7). The fraction of sp³-hybridized carbons (Fsp3) is 0.667. The highest BCUT2D eigenvalue weighted by Gasteiger charge is 2.38. The van der Waals surface area contributed by atoms with Crippen molar-refractivity contribution in [2.45, 2.75) is 32.0 Å². The normalized spacial score (nSPS) is 17.9. The number of alkyl halides is 3. The lowest BCUT2D eigenvalue weighted by atomic mass is 9.85. The molecule has 7 nitrogen and oxygen atoms in total. The van der Waals surface area contributed by atoms with Gasteiger partial charge in [-0.1, -0.05) is 6.42 Å². The minimum Gasteiger partial charge on any atom is -0.493 e. The molecule has 31 heavy (non-hydrogen) atoms. The summed E-state index contributed by atoms with van der Waals surface area (Å²) in [5.74, 6) is 0.333. The van der Waals surface area contributed by atoms with E-state index in [0.29, 0.717) is 5.75 Å². The van der Waals surface area contributed by atoms with Crippen LogP contribution in [-0.4, -0.2) is 81.1 Å². The van der Waals surface area contributed by atoms with Crippen molar-refractivity contribution in [3.63, 3.8) is 0 Å². The van der Waals surface area contributed by atoms with Crippen molar-refractivity contribution in [2.24, 2.45) is 5.92 Å². The van der Waals surface area contributed by atoms with Gasteiger partial charge in [-0.25, -0.2) is 4.79 Å². The number of halogens is 3. The lowest BCUT2D eigenvalue weighted by Gasteiger charge is -2.38. The van der Waals surface area contributed by atoms with Gasteiger partial charge in [0.15, 0.2) is 11.5 Å². The molecule has 10 heteroatoms. The molecule has 0 amide bonds. The van der Waals surface area contributed by atoms with Crippen molar-refractivity contribution in [1.82, 2.24) is 9.80 Å². The molecule has 2 aliphatic rings. The molecule has 2 fully saturated rings. The van der Waals surface area contributed by atoms with Crippen LogP contribution in [0.4, 0.5) is 13.2 Å². The topological polar surface area (TPSA) is 71.5 Å². The smallest absolute Gasteiger partial charge is 0.490 e. The van der Waals surface area contributed by atoms with Crippen molar-refractivity contribution in [2.75, 3.05) is 54.1 Å². The van der Waals surface area contributed by atoms with Crippen LogP contribution in [0.25, 0.3) is 0 Å². The summed E-state index contributed by atoms with van der Waals surface area (Å²) < 4.78 is 48.0. The molecule has 176 valence electrons. The van der Waals surface area contributed by atoms with Crippen LogP contribution in [0.5, 0.6) is 17.2 Å². The summed E-state index contributed by atoms with van der Waals surface area (Å²) in [4.78, 5) is 14.0. The fourth-order valence-electron chi connectivity index (χ4n) is 3.66. The van der Waals surface area contributed by atoms with Crippen molar-refractivity contribution < 1.29 is 37.3 Å². The summed E-state index contributed by atoms with van der Waals surface area (Å²) in [6.07, 6.45) is -0.775. The second kappa shape index (κ2) is 11.4. The third kappa shape index (κ3) is 7.46. The number of aliphatic carboxylic acids is 1. The van der Waals surface area contributed by atoms with E-state index < -0.39 is 12.1 Å². The van der Waals surface area contributed by atoms with Crippen LogP contribution in [0, 0.1) is 5.92 Å². The second-order valence-corrected chi connectivity index (χ2v) is 7.71. The SMILES string of the molecule is COc1cc(CN2CCN(CC3CCC3)CC2)cc(OC)c1OC.O=C(O)C(F)(F)F. The van der Waals surface area contributed by atoms with Gasteiger partial charge in [-0.05, 0) is 36.5 Å². The molecule has 0 atom stereocenters. The number of piperazine rings is 1. The number of hydrogen-bond acceptors (Lipinski definition) is 6. The van der Waals surface area contributed by atoms with Crippen LogP contribution in [0.15, 0.2) is 12.1 Å². The minimum atomic E-state index is -5.08. The Labute approximate surface area is 180 Å². The third-order valence-corrected chi connectivity index (χ3v) is 5.58. The van der Waals surface area contributed by atoms with Crippen molar-refractivity contribution >= 4 is 5.97 Å². The molecule has 1 aliphatic heterocycles. The van der Waals surface area contributed by atoms with E-state index in [9.17, 15) is 13.2 Å². The van der Waals surface area contributed by atoms with Gasteiger partial charge in [-0.3, -0.25) is 4.90 Å². The first-order valence-corrected chi connectivity index (χ1v) is 10.2. The predicted molar refractivity (Wildman–Crippen MR) is 109 cm³/mol. The maximum atomic E-state index is 10.6. The summed E-state index contributed by atoms with van der Waals surface area (Å²) >= 11 is 0. The summed E-state index contributed by atoms with van der Waals surface area (Å²) in [6.45, 7) is 6.85. The molecule has 0 bridgehead atoms. The molecule has 0 spiro atoms. The van der Waals surface area contributed by atoms with Crippen LogP contribution in [-0.2, 0) is 11.3 Å². The second-order valence-electron chi connectivity index (χ2n) is 7.71. The van der Waals surface area contributed by atoms with Gasteiger partial charge in [0.1, 0.15) is 0 Å². The van der Waals surface area contributed by atoms with E-state index in [-0.39, 0.29) is 0 Å². The lowest BCUT2D eigenvalue weighted by molar-refractivity contribution is -0.192. The zero-order valence-electron chi connectivity index (χ0n) is 18.2. The Kier molecular flexibility index (Phi) is 9.24. The van der Waals surface area contributed by atoms with Crippen molar-refractivity contribution in [1.29, 1.82) is 0 Å². The maximum absolute atomic E-state index is 10.6. The zero-order valence-corrected chi connectivity index (χ0v) is 18.2. The molecule has 0 aromatic heterocycles. The van der Waals surface area contributed by atoms with Crippen LogP contribution >= 0.6 is 0 Å². The number of benzene rings is 1. The molecule has 3 rings (SSSR count). The Bertz CT molecular complexity index is 692. The van der Waals surface area contributed by atoms with Gasteiger partial charge in [-0.2, -0.15) is 13.2 Å². The van der Waals surface area contributed by atoms with Crippen LogP contribution < -0.4 is 14.2 Å². The number of hydrogen-bond donors (Lipinski definition) is 1. The monoisotopic (exact) mass is 448 g/mol. The zero-order chi connectivity index (χ0) is 23.0. The van der Waals surface area contributed by atoms with Crippen molar-refractivity contribution in [3.05, 3.63) is 17.7 Å². The molecular weight excluding hydrogens is 417 g/mol. The highest BCUT2D eigenvalue weighted by molar-refractivity contribution is 5.73. The number of carboxylic acid groups (broad SMARTS) is 1. The quantitative estimate of drug-likeness (QED) is 0.687. The van der Waals surface area contributed by atoms with E-state index in [0.717, 1.165) is 37.1 Å². The van der Waals surface area contributed by atoms with Crippen LogP contribution in [0.3, 0.4) is 0 Å². The van der Waals surface area contributed by atoms with Crippen LogP contribution in [0.1, 0.15) is 24.8 Å². The Morgan fingerprint density at radius 3 is 1.84 bits per heavy atom. The van der Waals surface area contributed by atoms with Gasteiger partial charge < -0.3 is 24.2 Å². The van der Waals surface area contributed by atoms with Gasteiger partial charge in [0.25, 0.3) is 0 Å². The van der Waals surface area contributed by atoms with Crippen molar-refractivity contribution in [3.8, 4) is 17.2 Å². The fourth-order valence-corrected chi connectivity index (χ4v) is 3.66. The number of carbonyl (C=O) groups is 1. The largest absolute Gasteiger partial charge is 0.493 e. The number of rotatable bonds is 7. The summed E-state index contributed by atoms with van der Waals surface area (Å²) in [5, 5.41) is 7.12. The minimum absolute atomic E-state index is 0.661. The molecule has 0 radical (unpaired) electrons. The molecule has 1 heterocycles. The number of nitrogens with zero attached hydrogens (tertiary/aromatic N) is 2. The van der Waals surface area contributed by atoms with E-state index in [2.05, 4.69) is 21.9 Å². The van der Waals surface area contributed by atoms with Gasteiger partial charge in [0, 0.05) is 39.3 Å².